The van der Waals surface area contributed by atoms with E-state index in [1.807, 2.05) is 24.3 Å². The average molecular weight is 313 g/mol. The van der Waals surface area contributed by atoms with Gasteiger partial charge in [-0.1, -0.05) is 48.0 Å². The van der Waals surface area contributed by atoms with Crippen LogP contribution in [0, 0.1) is 0 Å². The highest BCUT2D eigenvalue weighted by atomic mass is 35.5. The molecule has 2 aromatic rings. The van der Waals surface area contributed by atoms with Gasteiger partial charge in [-0.25, -0.2) is 4.98 Å². The van der Waals surface area contributed by atoms with Crippen molar-refractivity contribution in [2.75, 3.05) is 6.54 Å². The molecule has 0 aliphatic carbocycles. The first-order valence-electron chi connectivity index (χ1n) is 5.98. The molecule has 0 aliphatic rings. The summed E-state index contributed by atoms with van der Waals surface area (Å²) in [7, 11) is 0. The van der Waals surface area contributed by atoms with Gasteiger partial charge in [-0.2, -0.15) is 0 Å². The molecule has 5 heteroatoms. The van der Waals surface area contributed by atoms with Crippen LogP contribution in [0.25, 0.3) is 0 Å². The van der Waals surface area contributed by atoms with Gasteiger partial charge in [0, 0.05) is 22.7 Å². The number of hydrogen-bond acceptors (Lipinski definition) is 3. The molecule has 2 nitrogen and oxygen atoms in total. The van der Waals surface area contributed by atoms with Crippen LogP contribution in [-0.4, -0.2) is 11.5 Å². The van der Waals surface area contributed by atoms with E-state index < -0.39 is 0 Å². The number of nitrogens with zero attached hydrogens (tertiary/aromatic N) is 1. The fourth-order valence-corrected chi connectivity index (χ4v) is 2.92. The highest BCUT2D eigenvalue weighted by Gasteiger charge is 2.08. The number of nitrogens with one attached hydrogen (secondary N) is 1. The Labute approximate surface area is 127 Å². The molecule has 0 amide bonds. The lowest BCUT2D eigenvalue weighted by Gasteiger charge is -2.11. The van der Waals surface area contributed by atoms with Crippen LogP contribution in [0.4, 0.5) is 0 Å². The van der Waals surface area contributed by atoms with Gasteiger partial charge in [-0.15, -0.1) is 0 Å². The lowest BCUT2D eigenvalue weighted by Crippen LogP contribution is -2.12. The first-order chi connectivity index (χ1) is 9.20. The smallest absolute Gasteiger partial charge is 0.101 e. The van der Waals surface area contributed by atoms with Crippen molar-refractivity contribution < 1.29 is 0 Å². The van der Waals surface area contributed by atoms with Crippen LogP contribution in [0.3, 0.4) is 0 Å². The van der Waals surface area contributed by atoms with Crippen molar-refractivity contribution in [3.63, 3.8) is 0 Å². The van der Waals surface area contributed by atoms with E-state index in [-0.39, 0.29) is 0 Å². The third-order valence-corrected chi connectivity index (χ3v) is 4.17. The summed E-state index contributed by atoms with van der Waals surface area (Å²) >= 11 is 13.7. The summed E-state index contributed by atoms with van der Waals surface area (Å²) < 4.78 is 0. The van der Waals surface area contributed by atoms with Gasteiger partial charge in [-0.05, 0) is 36.4 Å². The Morgan fingerprint density at radius 3 is 2.74 bits per heavy atom. The normalized spacial score (nSPS) is 10.7. The molecule has 1 heterocycles. The van der Waals surface area contributed by atoms with Gasteiger partial charge >= 0.3 is 0 Å². The van der Waals surface area contributed by atoms with E-state index in [1.165, 1.54) is 0 Å². The Bertz CT molecular complexity index is 544. The number of benzene rings is 1. The Morgan fingerprint density at radius 1 is 1.21 bits per heavy atom. The predicted molar refractivity (Wildman–Crippen MR) is 82.2 cm³/mol. The maximum atomic E-state index is 6.26. The van der Waals surface area contributed by atoms with Gasteiger partial charge in [0.1, 0.15) is 5.03 Å². The standard InChI is InChI=1S/C14H14Cl2N2S/c1-2-17-9-11-12(16)4-3-5-13(11)19-14-7-6-10(15)8-18-14/h3-8,17H,2,9H2,1H3. The van der Waals surface area contributed by atoms with Crippen molar-refractivity contribution in [1.82, 2.24) is 10.3 Å². The largest absolute Gasteiger partial charge is 0.313 e. The molecular weight excluding hydrogens is 299 g/mol. The quantitative estimate of drug-likeness (QED) is 0.870. The van der Waals surface area contributed by atoms with E-state index in [0.29, 0.717) is 5.02 Å². The van der Waals surface area contributed by atoms with Gasteiger partial charge < -0.3 is 5.32 Å². The molecule has 0 unspecified atom stereocenters. The second-order valence-electron chi connectivity index (χ2n) is 3.91. The molecule has 0 radical (unpaired) electrons. The zero-order valence-electron chi connectivity index (χ0n) is 10.5. The lowest BCUT2D eigenvalue weighted by atomic mass is 10.2. The molecule has 0 atom stereocenters. The summed E-state index contributed by atoms with van der Waals surface area (Å²) in [6.45, 7) is 3.74. The van der Waals surface area contributed by atoms with Crippen molar-refractivity contribution >= 4 is 35.0 Å². The molecule has 0 bridgehead atoms. The molecule has 100 valence electrons. The number of aromatic nitrogens is 1. The molecule has 0 saturated heterocycles. The molecule has 0 saturated carbocycles. The zero-order valence-corrected chi connectivity index (χ0v) is 12.8. The van der Waals surface area contributed by atoms with E-state index in [0.717, 1.165) is 33.6 Å². The third-order valence-electron chi connectivity index (χ3n) is 2.54. The molecule has 0 aliphatic heterocycles. The molecule has 0 fully saturated rings. The SMILES string of the molecule is CCNCc1c(Cl)cccc1Sc1ccc(Cl)cn1. The van der Waals surface area contributed by atoms with Crippen molar-refractivity contribution in [3.8, 4) is 0 Å². The predicted octanol–water partition coefficient (Wildman–Crippen LogP) is 4.65. The number of halogens is 2. The molecule has 2 rings (SSSR count). The van der Waals surface area contributed by atoms with E-state index in [2.05, 4.69) is 23.3 Å². The maximum Gasteiger partial charge on any atom is 0.101 e. The molecular formula is C14H14Cl2N2S. The van der Waals surface area contributed by atoms with Gasteiger partial charge in [0.2, 0.25) is 0 Å². The summed E-state index contributed by atoms with van der Waals surface area (Å²) in [4.78, 5) is 5.41. The topological polar surface area (TPSA) is 24.9 Å². The van der Waals surface area contributed by atoms with Crippen LogP contribution in [0.2, 0.25) is 10.0 Å². The third kappa shape index (κ3) is 4.11. The summed E-state index contributed by atoms with van der Waals surface area (Å²) in [6.07, 6.45) is 1.65. The van der Waals surface area contributed by atoms with E-state index in [9.17, 15) is 0 Å². The zero-order chi connectivity index (χ0) is 13.7. The number of pyridine rings is 1. The molecule has 1 N–H and O–H groups in total. The van der Waals surface area contributed by atoms with Crippen LogP contribution in [-0.2, 0) is 6.54 Å². The van der Waals surface area contributed by atoms with Crippen molar-refractivity contribution in [3.05, 3.63) is 52.1 Å². The summed E-state index contributed by atoms with van der Waals surface area (Å²) in [5.74, 6) is 0. The second-order valence-corrected chi connectivity index (χ2v) is 5.82. The first kappa shape index (κ1) is 14.7. The second kappa shape index (κ2) is 7.15. The minimum absolute atomic E-state index is 0.642. The summed E-state index contributed by atoms with van der Waals surface area (Å²) in [5, 5.41) is 5.63. The van der Waals surface area contributed by atoms with Gasteiger partial charge in [-0.3, -0.25) is 0 Å². The fraction of sp³-hybridized carbons (Fsp3) is 0.214. The van der Waals surface area contributed by atoms with Crippen LogP contribution < -0.4 is 5.32 Å². The van der Waals surface area contributed by atoms with Crippen molar-refractivity contribution in [2.45, 2.75) is 23.4 Å². The van der Waals surface area contributed by atoms with Gasteiger partial charge in [0.15, 0.2) is 0 Å². The van der Waals surface area contributed by atoms with E-state index in [4.69, 9.17) is 23.2 Å². The summed E-state index contributed by atoms with van der Waals surface area (Å²) in [6, 6.07) is 9.67. The Balaban J connectivity index is 2.23. The average Bonchev–Trinajstić information content (AvgIpc) is 2.41. The molecule has 19 heavy (non-hydrogen) atoms. The van der Waals surface area contributed by atoms with E-state index in [1.54, 1.807) is 18.0 Å². The van der Waals surface area contributed by atoms with Crippen LogP contribution in [0.15, 0.2) is 46.5 Å². The lowest BCUT2D eigenvalue weighted by molar-refractivity contribution is 0.718. The summed E-state index contributed by atoms with van der Waals surface area (Å²) in [5.41, 5.74) is 1.10. The Morgan fingerprint density at radius 2 is 2.05 bits per heavy atom. The van der Waals surface area contributed by atoms with Gasteiger partial charge in [0.05, 0.1) is 5.02 Å². The van der Waals surface area contributed by atoms with E-state index >= 15 is 0 Å². The van der Waals surface area contributed by atoms with Crippen LogP contribution in [0.1, 0.15) is 12.5 Å². The minimum Gasteiger partial charge on any atom is -0.313 e. The van der Waals surface area contributed by atoms with Crippen LogP contribution in [0.5, 0.6) is 0 Å². The number of rotatable bonds is 5. The van der Waals surface area contributed by atoms with Crippen molar-refractivity contribution in [1.29, 1.82) is 0 Å². The molecule has 0 spiro atoms. The monoisotopic (exact) mass is 312 g/mol. The Kier molecular flexibility index (Phi) is 5.52. The highest BCUT2D eigenvalue weighted by molar-refractivity contribution is 7.99. The fourth-order valence-electron chi connectivity index (χ4n) is 1.59. The minimum atomic E-state index is 0.642. The molecule has 1 aromatic carbocycles. The van der Waals surface area contributed by atoms with Crippen molar-refractivity contribution in [2.24, 2.45) is 0 Å². The van der Waals surface area contributed by atoms with Gasteiger partial charge in [0.25, 0.3) is 0 Å². The highest BCUT2D eigenvalue weighted by Crippen LogP contribution is 2.33. The number of hydrogen-bond donors (Lipinski definition) is 1. The molecule has 1 aromatic heterocycles. The first-order valence-corrected chi connectivity index (χ1v) is 7.55. The van der Waals surface area contributed by atoms with Crippen LogP contribution >= 0.6 is 35.0 Å². The Hall–Kier alpha value is -0.740. The maximum absolute atomic E-state index is 6.26.